The van der Waals surface area contributed by atoms with Crippen molar-refractivity contribution in [3.05, 3.63) is 53.9 Å². The van der Waals surface area contributed by atoms with Crippen molar-refractivity contribution in [3.63, 3.8) is 0 Å². The molecule has 1 aromatic heterocycles. The molecule has 0 spiro atoms. The number of rotatable bonds is 6. The lowest BCUT2D eigenvalue weighted by Gasteiger charge is -2.19. The lowest BCUT2D eigenvalue weighted by molar-refractivity contribution is -0.142. The summed E-state index contributed by atoms with van der Waals surface area (Å²) in [5.41, 5.74) is 2.91. The third-order valence-electron chi connectivity index (χ3n) is 3.74. The zero-order chi connectivity index (χ0) is 16.2. The molecule has 0 radical (unpaired) electrons. The molecule has 1 heterocycles. The summed E-state index contributed by atoms with van der Waals surface area (Å²) < 4.78 is 5.40. The number of ether oxygens (including phenoxy) is 1. The first kappa shape index (κ1) is 16.2. The van der Waals surface area contributed by atoms with Gasteiger partial charge in [-0.3, -0.25) is 9.78 Å². The smallest absolute Gasteiger partial charge is 0.313 e. The number of carbonyl (C=O) groups is 1. The molecule has 0 aliphatic heterocycles. The Morgan fingerprint density at radius 1 is 1.18 bits per heavy atom. The Kier molecular flexibility index (Phi) is 4.93. The highest BCUT2D eigenvalue weighted by atomic mass is 16.5. The van der Waals surface area contributed by atoms with E-state index in [0.717, 1.165) is 22.3 Å². The summed E-state index contributed by atoms with van der Waals surface area (Å²) in [5.74, 6) is -0.833. The van der Waals surface area contributed by atoms with E-state index < -0.39 is 11.4 Å². The predicted molar refractivity (Wildman–Crippen MR) is 85.7 cm³/mol. The molecular formula is C18H21NO3. The normalized spacial score (nSPS) is 11.4. The Hall–Kier alpha value is -2.20. The summed E-state index contributed by atoms with van der Waals surface area (Å²) in [5, 5.41) is 9.28. The number of benzene rings is 1. The van der Waals surface area contributed by atoms with Crippen LogP contribution in [-0.2, 0) is 21.6 Å². The molecule has 2 rings (SSSR count). The molecule has 0 saturated heterocycles. The molecule has 0 atom stereocenters. The molecule has 22 heavy (non-hydrogen) atoms. The lowest BCUT2D eigenvalue weighted by atomic mass is 9.84. The van der Waals surface area contributed by atoms with Crippen LogP contribution in [0.5, 0.6) is 0 Å². The van der Waals surface area contributed by atoms with Gasteiger partial charge in [-0.1, -0.05) is 24.3 Å². The highest BCUT2D eigenvalue weighted by Crippen LogP contribution is 2.27. The molecule has 1 aromatic carbocycles. The summed E-state index contributed by atoms with van der Waals surface area (Å²) >= 11 is 0. The first-order valence-corrected chi connectivity index (χ1v) is 7.31. The summed E-state index contributed by atoms with van der Waals surface area (Å²) in [6, 6.07) is 9.63. The monoisotopic (exact) mass is 299 g/mol. The van der Waals surface area contributed by atoms with Crippen LogP contribution in [0, 0.1) is 0 Å². The van der Waals surface area contributed by atoms with Crippen LogP contribution in [0.25, 0.3) is 11.1 Å². The minimum Gasteiger partial charge on any atom is -0.481 e. The largest absolute Gasteiger partial charge is 0.481 e. The van der Waals surface area contributed by atoms with Gasteiger partial charge in [0, 0.05) is 24.6 Å². The highest BCUT2D eigenvalue weighted by molar-refractivity contribution is 5.80. The fourth-order valence-corrected chi connectivity index (χ4v) is 2.15. The second-order valence-corrected chi connectivity index (χ2v) is 5.73. The molecule has 0 saturated carbocycles. The number of hydrogen-bond donors (Lipinski definition) is 1. The van der Waals surface area contributed by atoms with Gasteiger partial charge in [-0.05, 0) is 43.5 Å². The van der Waals surface area contributed by atoms with Crippen molar-refractivity contribution in [3.8, 4) is 11.1 Å². The van der Waals surface area contributed by atoms with Crippen molar-refractivity contribution in [1.29, 1.82) is 0 Å². The molecule has 1 N–H and O–H groups in total. The Balaban J connectivity index is 2.25. The SMILES string of the molecule is CCOCc1cncc(-c2ccc(C(C)(C)C(=O)O)cc2)c1. The summed E-state index contributed by atoms with van der Waals surface area (Å²) in [6.07, 6.45) is 3.59. The second-order valence-electron chi connectivity index (χ2n) is 5.73. The molecule has 116 valence electrons. The number of hydrogen-bond acceptors (Lipinski definition) is 3. The van der Waals surface area contributed by atoms with Gasteiger partial charge in [-0.25, -0.2) is 0 Å². The second kappa shape index (κ2) is 6.71. The van der Waals surface area contributed by atoms with E-state index in [-0.39, 0.29) is 0 Å². The number of nitrogens with zero attached hydrogens (tertiary/aromatic N) is 1. The number of aromatic nitrogens is 1. The van der Waals surface area contributed by atoms with E-state index >= 15 is 0 Å². The molecule has 0 aliphatic rings. The highest BCUT2D eigenvalue weighted by Gasteiger charge is 2.29. The molecule has 0 fully saturated rings. The van der Waals surface area contributed by atoms with Crippen LogP contribution >= 0.6 is 0 Å². The Morgan fingerprint density at radius 2 is 1.86 bits per heavy atom. The number of aliphatic carboxylic acids is 1. The summed E-state index contributed by atoms with van der Waals surface area (Å²) in [4.78, 5) is 15.5. The van der Waals surface area contributed by atoms with Gasteiger partial charge in [0.2, 0.25) is 0 Å². The van der Waals surface area contributed by atoms with Crippen LogP contribution in [0.2, 0.25) is 0 Å². The lowest BCUT2D eigenvalue weighted by Crippen LogP contribution is -2.28. The van der Waals surface area contributed by atoms with Crippen LogP contribution < -0.4 is 0 Å². The van der Waals surface area contributed by atoms with E-state index in [4.69, 9.17) is 4.74 Å². The van der Waals surface area contributed by atoms with Gasteiger partial charge >= 0.3 is 5.97 Å². The van der Waals surface area contributed by atoms with E-state index in [0.29, 0.717) is 13.2 Å². The van der Waals surface area contributed by atoms with Gasteiger partial charge < -0.3 is 9.84 Å². The Bertz CT molecular complexity index is 648. The van der Waals surface area contributed by atoms with Crippen LogP contribution in [-0.4, -0.2) is 22.7 Å². The van der Waals surface area contributed by atoms with Gasteiger partial charge in [0.1, 0.15) is 0 Å². The molecule has 0 bridgehead atoms. The van der Waals surface area contributed by atoms with Crippen molar-refractivity contribution in [2.75, 3.05) is 6.61 Å². The van der Waals surface area contributed by atoms with E-state index in [9.17, 15) is 9.90 Å². The number of pyridine rings is 1. The van der Waals surface area contributed by atoms with Crippen molar-refractivity contribution in [2.24, 2.45) is 0 Å². The average Bonchev–Trinajstić information content (AvgIpc) is 2.53. The topological polar surface area (TPSA) is 59.4 Å². The molecule has 0 amide bonds. The van der Waals surface area contributed by atoms with Crippen molar-refractivity contribution in [1.82, 2.24) is 4.98 Å². The van der Waals surface area contributed by atoms with Crippen LogP contribution in [0.4, 0.5) is 0 Å². The van der Waals surface area contributed by atoms with E-state index in [2.05, 4.69) is 4.98 Å². The minimum atomic E-state index is -0.895. The molecule has 2 aromatic rings. The van der Waals surface area contributed by atoms with E-state index in [1.807, 2.05) is 37.3 Å². The summed E-state index contributed by atoms with van der Waals surface area (Å²) in [6.45, 7) is 6.58. The quantitative estimate of drug-likeness (QED) is 0.884. The zero-order valence-corrected chi connectivity index (χ0v) is 13.2. The average molecular weight is 299 g/mol. The maximum Gasteiger partial charge on any atom is 0.313 e. The third-order valence-corrected chi connectivity index (χ3v) is 3.74. The number of carboxylic acids is 1. The van der Waals surface area contributed by atoms with Gasteiger partial charge in [-0.15, -0.1) is 0 Å². The number of carboxylic acid groups (broad SMARTS) is 1. The van der Waals surface area contributed by atoms with Gasteiger partial charge in [0.05, 0.1) is 12.0 Å². The van der Waals surface area contributed by atoms with Crippen LogP contribution in [0.3, 0.4) is 0 Å². The molecule has 0 unspecified atom stereocenters. The standard InChI is InChI=1S/C18H21NO3/c1-4-22-12-13-9-15(11-19-10-13)14-5-7-16(8-6-14)18(2,3)17(20)21/h5-11H,4,12H2,1-3H3,(H,20,21). The van der Waals surface area contributed by atoms with Crippen LogP contribution in [0.15, 0.2) is 42.7 Å². The molecular weight excluding hydrogens is 278 g/mol. The first-order valence-electron chi connectivity index (χ1n) is 7.31. The van der Waals surface area contributed by atoms with Crippen LogP contribution in [0.1, 0.15) is 31.9 Å². The summed E-state index contributed by atoms with van der Waals surface area (Å²) in [7, 11) is 0. The molecule has 4 nitrogen and oxygen atoms in total. The third kappa shape index (κ3) is 3.52. The fraction of sp³-hybridized carbons (Fsp3) is 0.333. The van der Waals surface area contributed by atoms with Gasteiger partial charge in [0.25, 0.3) is 0 Å². The van der Waals surface area contributed by atoms with Crippen molar-refractivity contribution in [2.45, 2.75) is 32.8 Å². The molecule has 0 aliphatic carbocycles. The fourth-order valence-electron chi connectivity index (χ4n) is 2.15. The minimum absolute atomic E-state index is 0.543. The van der Waals surface area contributed by atoms with E-state index in [1.165, 1.54) is 0 Å². The maximum atomic E-state index is 11.3. The first-order chi connectivity index (χ1) is 10.4. The van der Waals surface area contributed by atoms with Gasteiger partial charge in [0.15, 0.2) is 0 Å². The Morgan fingerprint density at radius 3 is 2.45 bits per heavy atom. The van der Waals surface area contributed by atoms with Crippen molar-refractivity contribution < 1.29 is 14.6 Å². The van der Waals surface area contributed by atoms with Crippen molar-refractivity contribution >= 4 is 5.97 Å². The predicted octanol–water partition coefficient (Wildman–Crippen LogP) is 3.65. The maximum absolute atomic E-state index is 11.3. The van der Waals surface area contributed by atoms with E-state index in [1.54, 1.807) is 26.2 Å². The molecule has 4 heteroatoms. The van der Waals surface area contributed by atoms with Gasteiger partial charge in [-0.2, -0.15) is 0 Å². The Labute approximate surface area is 130 Å². The zero-order valence-electron chi connectivity index (χ0n) is 13.2.